The first-order chi connectivity index (χ1) is 7.20. The zero-order chi connectivity index (χ0) is 10.8. The molecule has 0 fully saturated rings. The van der Waals surface area contributed by atoms with Crippen LogP contribution in [-0.2, 0) is 6.54 Å². The number of aromatic nitrogens is 1. The van der Waals surface area contributed by atoms with Crippen LogP contribution in [0.3, 0.4) is 0 Å². The molecule has 0 amide bonds. The average Bonchev–Trinajstić information content (AvgIpc) is 2.66. The topological polar surface area (TPSA) is 52.0 Å². The third kappa shape index (κ3) is 2.22. The highest BCUT2D eigenvalue weighted by Gasteiger charge is 2.09. The molecule has 0 saturated carbocycles. The summed E-state index contributed by atoms with van der Waals surface area (Å²) in [6, 6.07) is 5.57. The summed E-state index contributed by atoms with van der Waals surface area (Å²) in [5.41, 5.74) is 6.22. The minimum absolute atomic E-state index is 0.286. The van der Waals surface area contributed by atoms with Gasteiger partial charge in [0.2, 0.25) is 5.89 Å². The molecule has 2 N–H and O–H groups in total. The van der Waals surface area contributed by atoms with Crippen LogP contribution in [0, 0.1) is 0 Å². The van der Waals surface area contributed by atoms with Crippen LogP contribution in [0.25, 0.3) is 11.3 Å². The minimum Gasteiger partial charge on any atom is -0.439 e. The summed E-state index contributed by atoms with van der Waals surface area (Å²) in [6.45, 7) is 0.286. The summed E-state index contributed by atoms with van der Waals surface area (Å²) < 4.78 is 6.33. The third-order valence-electron chi connectivity index (χ3n) is 1.92. The molecule has 2 aromatic rings. The van der Waals surface area contributed by atoms with Gasteiger partial charge in [0.1, 0.15) is 0 Å². The molecule has 0 spiro atoms. The quantitative estimate of drug-likeness (QED) is 0.922. The molecule has 78 valence electrons. The molecule has 15 heavy (non-hydrogen) atoms. The van der Waals surface area contributed by atoms with Crippen molar-refractivity contribution in [2.24, 2.45) is 5.73 Å². The maximum atomic E-state index is 6.07. The second kappa shape index (κ2) is 4.35. The fourth-order valence-corrected chi connectivity index (χ4v) is 1.99. The van der Waals surface area contributed by atoms with Gasteiger partial charge in [0, 0.05) is 10.0 Å². The van der Waals surface area contributed by atoms with Gasteiger partial charge in [-0.25, -0.2) is 4.98 Å². The van der Waals surface area contributed by atoms with Crippen molar-refractivity contribution in [2.75, 3.05) is 0 Å². The van der Waals surface area contributed by atoms with Gasteiger partial charge in [0.15, 0.2) is 5.76 Å². The van der Waals surface area contributed by atoms with Crippen molar-refractivity contribution in [3.63, 3.8) is 0 Å². The highest BCUT2D eigenvalue weighted by atomic mass is 79.9. The molecule has 0 saturated heterocycles. The average molecular weight is 288 g/mol. The van der Waals surface area contributed by atoms with Crippen LogP contribution < -0.4 is 5.73 Å². The number of oxazole rings is 1. The Morgan fingerprint density at radius 1 is 1.47 bits per heavy atom. The molecule has 0 aliphatic heterocycles. The maximum absolute atomic E-state index is 6.07. The molecule has 2 rings (SSSR count). The molecule has 1 aromatic heterocycles. The Kier molecular flexibility index (Phi) is 3.09. The standard InChI is InChI=1S/C10H8BrClN2O/c11-6-1-2-7(8(12)3-6)9-5-14-10(4-13)15-9/h1-3,5H,4,13H2. The SMILES string of the molecule is NCc1ncc(-c2ccc(Br)cc2Cl)o1. The normalized spacial score (nSPS) is 10.6. The van der Waals surface area contributed by atoms with Crippen LogP contribution in [0.2, 0.25) is 5.02 Å². The number of hydrogen-bond donors (Lipinski definition) is 1. The molecule has 0 aliphatic carbocycles. The number of rotatable bonds is 2. The van der Waals surface area contributed by atoms with E-state index in [9.17, 15) is 0 Å². The van der Waals surface area contributed by atoms with Crippen molar-refractivity contribution < 1.29 is 4.42 Å². The molecule has 1 aromatic carbocycles. The summed E-state index contributed by atoms with van der Waals surface area (Å²) in [6.07, 6.45) is 1.62. The molecule has 0 atom stereocenters. The van der Waals surface area contributed by atoms with E-state index in [1.807, 2.05) is 18.2 Å². The Balaban J connectivity index is 2.44. The van der Waals surface area contributed by atoms with E-state index in [0.717, 1.165) is 10.0 Å². The van der Waals surface area contributed by atoms with Gasteiger partial charge in [-0.15, -0.1) is 0 Å². The van der Waals surface area contributed by atoms with Gasteiger partial charge in [-0.2, -0.15) is 0 Å². The molecule has 0 aliphatic rings. The predicted molar refractivity (Wildman–Crippen MR) is 62.5 cm³/mol. The highest BCUT2D eigenvalue weighted by Crippen LogP contribution is 2.30. The van der Waals surface area contributed by atoms with Crippen LogP contribution in [0.4, 0.5) is 0 Å². The molecule has 0 bridgehead atoms. The smallest absolute Gasteiger partial charge is 0.208 e. The van der Waals surface area contributed by atoms with Gasteiger partial charge in [0.05, 0.1) is 17.8 Å². The zero-order valence-corrected chi connectivity index (χ0v) is 10.0. The molecule has 0 unspecified atom stereocenters. The lowest BCUT2D eigenvalue weighted by atomic mass is 10.2. The van der Waals surface area contributed by atoms with Crippen molar-refractivity contribution in [1.29, 1.82) is 0 Å². The van der Waals surface area contributed by atoms with Gasteiger partial charge >= 0.3 is 0 Å². The van der Waals surface area contributed by atoms with Gasteiger partial charge in [-0.1, -0.05) is 27.5 Å². The van der Waals surface area contributed by atoms with Crippen molar-refractivity contribution in [1.82, 2.24) is 4.98 Å². The third-order valence-corrected chi connectivity index (χ3v) is 2.73. The Hall–Kier alpha value is -0.840. The molecule has 0 radical (unpaired) electrons. The van der Waals surface area contributed by atoms with Gasteiger partial charge in [-0.3, -0.25) is 0 Å². The van der Waals surface area contributed by atoms with Crippen molar-refractivity contribution in [2.45, 2.75) is 6.54 Å². The van der Waals surface area contributed by atoms with Crippen LogP contribution in [0.1, 0.15) is 5.89 Å². The lowest BCUT2D eigenvalue weighted by Crippen LogP contribution is -1.94. The number of nitrogens with two attached hydrogens (primary N) is 1. The maximum Gasteiger partial charge on any atom is 0.208 e. The molecule has 5 heteroatoms. The van der Waals surface area contributed by atoms with Crippen molar-refractivity contribution in [3.05, 3.63) is 39.8 Å². The Labute approximate surface area is 100 Å². The summed E-state index contributed by atoms with van der Waals surface area (Å²) in [5, 5.41) is 0.615. The highest BCUT2D eigenvalue weighted by molar-refractivity contribution is 9.10. The van der Waals surface area contributed by atoms with E-state index < -0.39 is 0 Å². The minimum atomic E-state index is 0.286. The Morgan fingerprint density at radius 3 is 2.87 bits per heavy atom. The lowest BCUT2D eigenvalue weighted by molar-refractivity contribution is 0.509. The second-order valence-corrected chi connectivity index (χ2v) is 4.27. The summed E-state index contributed by atoms with van der Waals surface area (Å²) in [5.74, 6) is 1.14. The van der Waals surface area contributed by atoms with Crippen LogP contribution in [0.5, 0.6) is 0 Å². The number of halogens is 2. The largest absolute Gasteiger partial charge is 0.439 e. The monoisotopic (exact) mass is 286 g/mol. The van der Waals surface area contributed by atoms with Crippen molar-refractivity contribution >= 4 is 27.5 Å². The first-order valence-electron chi connectivity index (χ1n) is 4.31. The van der Waals surface area contributed by atoms with Gasteiger partial charge in [-0.05, 0) is 18.2 Å². The Bertz CT molecular complexity index is 484. The van der Waals surface area contributed by atoms with Gasteiger partial charge < -0.3 is 10.2 Å². The second-order valence-electron chi connectivity index (χ2n) is 2.95. The fraction of sp³-hybridized carbons (Fsp3) is 0.100. The first-order valence-corrected chi connectivity index (χ1v) is 5.48. The van der Waals surface area contributed by atoms with E-state index in [0.29, 0.717) is 16.7 Å². The number of benzene rings is 1. The van der Waals surface area contributed by atoms with E-state index in [4.69, 9.17) is 21.8 Å². The first kappa shape index (κ1) is 10.7. The number of nitrogens with zero attached hydrogens (tertiary/aromatic N) is 1. The molecular formula is C10H8BrClN2O. The van der Waals surface area contributed by atoms with Gasteiger partial charge in [0.25, 0.3) is 0 Å². The lowest BCUT2D eigenvalue weighted by Gasteiger charge is -2.00. The van der Waals surface area contributed by atoms with E-state index in [1.165, 1.54) is 0 Å². The van der Waals surface area contributed by atoms with E-state index in [1.54, 1.807) is 6.20 Å². The summed E-state index contributed by atoms with van der Waals surface area (Å²) in [7, 11) is 0. The molecule has 3 nitrogen and oxygen atoms in total. The molecule has 1 heterocycles. The van der Waals surface area contributed by atoms with E-state index >= 15 is 0 Å². The van der Waals surface area contributed by atoms with E-state index in [-0.39, 0.29) is 6.54 Å². The molecular weight excluding hydrogens is 279 g/mol. The van der Waals surface area contributed by atoms with Crippen LogP contribution in [-0.4, -0.2) is 4.98 Å². The van der Waals surface area contributed by atoms with Crippen LogP contribution >= 0.6 is 27.5 Å². The predicted octanol–water partition coefficient (Wildman–Crippen LogP) is 3.22. The van der Waals surface area contributed by atoms with Crippen LogP contribution in [0.15, 0.2) is 33.3 Å². The summed E-state index contributed by atoms with van der Waals surface area (Å²) in [4.78, 5) is 4.01. The Morgan fingerprint density at radius 2 is 2.27 bits per heavy atom. The fourth-order valence-electron chi connectivity index (χ4n) is 1.22. The van der Waals surface area contributed by atoms with E-state index in [2.05, 4.69) is 20.9 Å². The zero-order valence-electron chi connectivity index (χ0n) is 7.71. The number of hydrogen-bond acceptors (Lipinski definition) is 3. The summed E-state index contributed by atoms with van der Waals surface area (Å²) >= 11 is 9.40. The van der Waals surface area contributed by atoms with Crippen molar-refractivity contribution in [3.8, 4) is 11.3 Å².